The molecule has 2 N–H and O–H groups in total. The molecule has 0 heterocycles. The second-order valence-electron chi connectivity index (χ2n) is 12.3. The maximum absolute atomic E-state index is 14.2. The van der Waals surface area contributed by atoms with E-state index < -0.39 is 41.6 Å². The Morgan fingerprint density at radius 1 is 0.872 bits per heavy atom. The number of halogens is 2. The molecule has 0 bridgehead atoms. The summed E-state index contributed by atoms with van der Waals surface area (Å²) in [5.74, 6) is -6.43. The van der Waals surface area contributed by atoms with E-state index in [-0.39, 0.29) is 32.3 Å². The summed E-state index contributed by atoms with van der Waals surface area (Å²) in [6, 6.07) is 6.21. The number of carbonyl (C=O) groups is 3. The number of rotatable bonds is 28. The molecule has 0 saturated heterocycles. The van der Waals surface area contributed by atoms with Crippen molar-refractivity contribution in [1.29, 1.82) is 0 Å². The van der Waals surface area contributed by atoms with Crippen LogP contribution in [0.2, 0.25) is 0 Å². The van der Waals surface area contributed by atoms with Gasteiger partial charge >= 0.3 is 11.9 Å². The molecule has 1 unspecified atom stereocenters. The highest BCUT2D eigenvalue weighted by Crippen LogP contribution is 2.29. The summed E-state index contributed by atoms with van der Waals surface area (Å²) in [5.41, 5.74) is 0.773. The van der Waals surface area contributed by atoms with Crippen molar-refractivity contribution in [3.05, 3.63) is 42.0 Å². The molecule has 0 saturated carbocycles. The van der Waals surface area contributed by atoms with E-state index in [9.17, 15) is 28.3 Å². The summed E-state index contributed by atoms with van der Waals surface area (Å²) in [4.78, 5) is 38.4. The molecular weight excluding hydrogens is 608 g/mol. The van der Waals surface area contributed by atoms with Gasteiger partial charge in [0.1, 0.15) is 11.8 Å². The first-order valence-corrected chi connectivity index (χ1v) is 17.4. The SMILES string of the molecule is CCCCCCCC(F)(F)CCCCCC/C=C/[C@H](C(=O)N[C@@H](Cc1ccc(OCCCC)cc1)C(=O)OC)C(CCOC)C(=O)O. The molecule has 1 rings (SSSR count). The van der Waals surface area contributed by atoms with Crippen LogP contribution >= 0.6 is 0 Å². The number of aliphatic carboxylic acids is 1. The highest BCUT2D eigenvalue weighted by atomic mass is 19.3. The molecule has 0 aromatic heterocycles. The number of esters is 1. The molecule has 0 aliphatic rings. The maximum atomic E-state index is 14.2. The molecule has 0 fully saturated rings. The molecule has 0 radical (unpaired) electrons. The van der Waals surface area contributed by atoms with Crippen LogP contribution in [0.1, 0.15) is 116 Å². The highest BCUT2D eigenvalue weighted by molar-refractivity contribution is 5.90. The maximum Gasteiger partial charge on any atom is 0.328 e. The lowest BCUT2D eigenvalue weighted by Crippen LogP contribution is -2.47. The fourth-order valence-electron chi connectivity index (χ4n) is 5.36. The van der Waals surface area contributed by atoms with Crippen LogP contribution < -0.4 is 10.1 Å². The summed E-state index contributed by atoms with van der Waals surface area (Å²) >= 11 is 0. The van der Waals surface area contributed by atoms with Crippen LogP contribution in [0.3, 0.4) is 0 Å². The molecule has 47 heavy (non-hydrogen) atoms. The van der Waals surface area contributed by atoms with Gasteiger partial charge in [0.15, 0.2) is 0 Å². The summed E-state index contributed by atoms with van der Waals surface area (Å²) in [5, 5.41) is 12.7. The highest BCUT2D eigenvalue weighted by Gasteiger charge is 2.34. The van der Waals surface area contributed by atoms with Crippen molar-refractivity contribution < 1.29 is 42.5 Å². The third-order valence-electron chi connectivity index (χ3n) is 8.27. The Bertz CT molecular complexity index is 1030. The van der Waals surface area contributed by atoms with E-state index in [1.54, 1.807) is 24.3 Å². The van der Waals surface area contributed by atoms with E-state index in [0.717, 1.165) is 56.9 Å². The van der Waals surface area contributed by atoms with Crippen molar-refractivity contribution in [3.8, 4) is 5.75 Å². The van der Waals surface area contributed by atoms with Crippen LogP contribution in [0.4, 0.5) is 8.78 Å². The lowest BCUT2D eigenvalue weighted by molar-refractivity contribution is -0.148. The Morgan fingerprint density at radius 3 is 2.06 bits per heavy atom. The Hall–Kier alpha value is -3.01. The van der Waals surface area contributed by atoms with Crippen molar-refractivity contribution in [3.63, 3.8) is 0 Å². The third-order valence-corrected chi connectivity index (χ3v) is 8.27. The summed E-state index contributed by atoms with van der Waals surface area (Å²) < 4.78 is 44.1. The minimum atomic E-state index is -2.62. The summed E-state index contributed by atoms with van der Waals surface area (Å²) in [6.45, 7) is 4.94. The average Bonchev–Trinajstić information content (AvgIpc) is 3.04. The fourth-order valence-corrected chi connectivity index (χ4v) is 5.36. The Morgan fingerprint density at radius 2 is 1.49 bits per heavy atom. The number of nitrogens with one attached hydrogen (secondary N) is 1. The Kier molecular flexibility index (Phi) is 22.4. The molecule has 268 valence electrons. The zero-order valence-corrected chi connectivity index (χ0v) is 29.1. The molecule has 1 aromatic carbocycles. The molecule has 8 nitrogen and oxygen atoms in total. The van der Waals surface area contributed by atoms with Crippen molar-refractivity contribution in [2.45, 2.75) is 129 Å². The van der Waals surface area contributed by atoms with E-state index in [2.05, 4.69) is 19.2 Å². The van der Waals surface area contributed by atoms with Crippen molar-refractivity contribution >= 4 is 17.8 Å². The number of ether oxygens (including phenoxy) is 3. The smallest absolute Gasteiger partial charge is 0.328 e. The molecule has 0 spiro atoms. The monoisotopic (exact) mass is 667 g/mol. The van der Waals surface area contributed by atoms with E-state index in [1.807, 2.05) is 12.1 Å². The predicted octanol–water partition coefficient (Wildman–Crippen LogP) is 8.31. The average molecular weight is 668 g/mol. The molecular formula is C37H59F2NO7. The Labute approximate surface area is 281 Å². The predicted molar refractivity (Wildman–Crippen MR) is 181 cm³/mol. The summed E-state index contributed by atoms with van der Waals surface area (Å²) in [6.07, 6.45) is 13.2. The van der Waals surface area contributed by atoms with Gasteiger partial charge in [0.05, 0.1) is 25.6 Å². The third kappa shape index (κ3) is 18.8. The van der Waals surface area contributed by atoms with Gasteiger partial charge in [-0.25, -0.2) is 13.6 Å². The lowest BCUT2D eigenvalue weighted by Gasteiger charge is -2.24. The molecule has 1 aromatic rings. The number of hydrogen-bond acceptors (Lipinski definition) is 6. The zero-order valence-electron chi connectivity index (χ0n) is 29.1. The van der Waals surface area contributed by atoms with Gasteiger partial charge in [-0.15, -0.1) is 0 Å². The van der Waals surface area contributed by atoms with Gasteiger partial charge < -0.3 is 24.6 Å². The first-order valence-electron chi connectivity index (χ1n) is 17.4. The largest absolute Gasteiger partial charge is 0.494 e. The van der Waals surface area contributed by atoms with Gasteiger partial charge in [0.25, 0.3) is 0 Å². The number of allylic oxidation sites excluding steroid dienone is 1. The van der Waals surface area contributed by atoms with Crippen molar-refractivity contribution in [1.82, 2.24) is 5.32 Å². The lowest BCUT2D eigenvalue weighted by atomic mass is 9.87. The standard InChI is InChI=1S/C37H59F2NO7/c1-5-7-9-13-16-24-37(38,39)25-17-14-11-10-12-15-18-31(32(35(42)43)23-27-45-3)34(41)40-33(36(44)46-4)28-29-19-21-30(22-20-29)47-26-8-6-2/h15,18-22,31-33H,5-14,16-17,23-28H2,1-4H3,(H,40,41)(H,42,43)/b18-15+/t31-,32?,33-/m0/s1. The van der Waals surface area contributed by atoms with Crippen LogP contribution in [-0.2, 0) is 30.3 Å². The molecule has 0 aliphatic heterocycles. The van der Waals surface area contributed by atoms with Gasteiger partial charge in [-0.2, -0.15) is 0 Å². The summed E-state index contributed by atoms with van der Waals surface area (Å²) in [7, 11) is 2.69. The van der Waals surface area contributed by atoms with Gasteiger partial charge in [-0.1, -0.05) is 83.1 Å². The number of amides is 1. The number of methoxy groups -OCH3 is 2. The van der Waals surface area contributed by atoms with Crippen LogP contribution in [0.5, 0.6) is 5.75 Å². The number of carboxylic acid groups (broad SMARTS) is 1. The number of unbranched alkanes of at least 4 members (excludes halogenated alkanes) is 9. The van der Waals surface area contributed by atoms with Crippen molar-refractivity contribution in [2.75, 3.05) is 27.4 Å². The van der Waals surface area contributed by atoms with E-state index >= 15 is 0 Å². The van der Waals surface area contributed by atoms with Crippen molar-refractivity contribution in [2.24, 2.45) is 11.8 Å². The number of benzene rings is 1. The number of carboxylic acids is 1. The van der Waals surface area contributed by atoms with Gasteiger partial charge in [-0.3, -0.25) is 9.59 Å². The second-order valence-corrected chi connectivity index (χ2v) is 12.3. The fraction of sp³-hybridized carbons (Fsp3) is 0.703. The number of alkyl halides is 2. The van der Waals surface area contributed by atoms with E-state index in [1.165, 1.54) is 14.2 Å². The Balaban J connectivity index is 2.79. The first-order chi connectivity index (χ1) is 22.6. The quantitative estimate of drug-likeness (QED) is 0.0525. The zero-order chi connectivity index (χ0) is 34.9. The molecule has 1 amide bonds. The van der Waals surface area contributed by atoms with Crippen LogP contribution in [0.25, 0.3) is 0 Å². The molecule has 3 atom stereocenters. The van der Waals surface area contributed by atoms with Crippen LogP contribution in [0.15, 0.2) is 36.4 Å². The first kappa shape index (κ1) is 42.0. The second kappa shape index (κ2) is 25.1. The number of carbonyl (C=O) groups excluding carboxylic acids is 2. The van der Waals surface area contributed by atoms with Crippen LogP contribution in [0, 0.1) is 11.8 Å². The van der Waals surface area contributed by atoms with Gasteiger partial charge in [0, 0.05) is 33.0 Å². The van der Waals surface area contributed by atoms with Crippen LogP contribution in [-0.4, -0.2) is 62.4 Å². The number of hydrogen-bond donors (Lipinski definition) is 2. The van der Waals surface area contributed by atoms with E-state index in [0.29, 0.717) is 38.0 Å². The molecule has 0 aliphatic carbocycles. The molecule has 10 heteroatoms. The van der Waals surface area contributed by atoms with Gasteiger partial charge in [0.2, 0.25) is 11.8 Å². The minimum absolute atomic E-state index is 0.0477. The topological polar surface area (TPSA) is 111 Å². The van der Waals surface area contributed by atoms with Gasteiger partial charge in [-0.05, 0) is 56.2 Å². The minimum Gasteiger partial charge on any atom is -0.494 e. The van der Waals surface area contributed by atoms with E-state index in [4.69, 9.17) is 14.2 Å². The normalized spacial score (nSPS) is 13.7.